The van der Waals surface area contributed by atoms with Crippen LogP contribution in [0.25, 0.3) is 0 Å². The second-order valence-electron chi connectivity index (χ2n) is 6.74. The van der Waals surface area contributed by atoms with Crippen LogP contribution in [0.15, 0.2) is 72.8 Å². The molecule has 0 aromatic heterocycles. The zero-order valence-electron chi connectivity index (χ0n) is 17.5. The summed E-state index contributed by atoms with van der Waals surface area (Å²) in [5.41, 5.74) is 0.150. The Labute approximate surface area is 192 Å². The van der Waals surface area contributed by atoms with Crippen molar-refractivity contribution < 1.29 is 28.9 Å². The molecule has 0 saturated heterocycles. The van der Waals surface area contributed by atoms with Crippen molar-refractivity contribution in [3.05, 3.63) is 93.0 Å². The first kappa shape index (κ1) is 23.7. The Morgan fingerprint density at radius 3 is 1.47 bits per heavy atom. The van der Waals surface area contributed by atoms with Crippen LogP contribution in [-0.2, 0) is 9.59 Å². The molecule has 0 aliphatic rings. The van der Waals surface area contributed by atoms with Gasteiger partial charge in [-0.3, -0.25) is 29.8 Å². The first-order chi connectivity index (χ1) is 16.3. The number of anilines is 2. The first-order valence-electron chi connectivity index (χ1n) is 9.75. The molecule has 0 atom stereocenters. The fourth-order valence-electron chi connectivity index (χ4n) is 2.76. The number of nitro groups is 2. The lowest BCUT2D eigenvalue weighted by Crippen LogP contribution is -2.22. The van der Waals surface area contributed by atoms with Crippen molar-refractivity contribution in [2.24, 2.45) is 0 Å². The number of nitro benzene ring substituents is 2. The zero-order chi connectivity index (χ0) is 24.5. The van der Waals surface area contributed by atoms with Crippen LogP contribution in [0.2, 0.25) is 0 Å². The molecule has 0 heterocycles. The number of nitrogens with one attached hydrogen (secondary N) is 2. The second-order valence-corrected chi connectivity index (χ2v) is 6.74. The van der Waals surface area contributed by atoms with Crippen molar-refractivity contribution in [3.63, 3.8) is 0 Å². The van der Waals surface area contributed by atoms with Crippen molar-refractivity contribution in [3.8, 4) is 11.5 Å². The normalized spacial score (nSPS) is 10.1. The Hall–Kier alpha value is -5.00. The number of hydrogen-bond donors (Lipinski definition) is 2. The maximum atomic E-state index is 12.2. The van der Waals surface area contributed by atoms with E-state index in [0.717, 1.165) is 0 Å². The number of nitrogens with zero attached hydrogens (tertiary/aromatic N) is 2. The van der Waals surface area contributed by atoms with Crippen LogP contribution in [0.1, 0.15) is 0 Å². The summed E-state index contributed by atoms with van der Waals surface area (Å²) in [7, 11) is 0. The van der Waals surface area contributed by atoms with Crippen LogP contribution in [0.3, 0.4) is 0 Å². The number of carbonyl (C=O) groups excluding carboxylic acids is 2. The van der Waals surface area contributed by atoms with Crippen LogP contribution >= 0.6 is 0 Å². The average molecular weight is 466 g/mol. The van der Waals surface area contributed by atoms with Crippen molar-refractivity contribution in [2.45, 2.75) is 0 Å². The highest BCUT2D eigenvalue weighted by Gasteiger charge is 2.13. The second kappa shape index (κ2) is 11.0. The van der Waals surface area contributed by atoms with E-state index in [1.165, 1.54) is 60.7 Å². The van der Waals surface area contributed by atoms with E-state index in [2.05, 4.69) is 10.6 Å². The Kier molecular flexibility index (Phi) is 7.68. The van der Waals surface area contributed by atoms with E-state index in [4.69, 9.17) is 9.47 Å². The van der Waals surface area contributed by atoms with Crippen molar-refractivity contribution >= 4 is 34.6 Å². The van der Waals surface area contributed by atoms with E-state index in [-0.39, 0.29) is 34.2 Å². The molecule has 12 heteroatoms. The maximum absolute atomic E-state index is 12.2. The fourth-order valence-corrected chi connectivity index (χ4v) is 2.76. The van der Waals surface area contributed by atoms with Crippen LogP contribution in [0, 0.1) is 20.2 Å². The molecular formula is C22H18N4O8. The smallest absolute Gasteiger partial charge is 0.271 e. The van der Waals surface area contributed by atoms with Crippen molar-refractivity contribution in [2.75, 3.05) is 23.8 Å². The summed E-state index contributed by atoms with van der Waals surface area (Å²) in [6.45, 7) is -0.827. The number of ether oxygens (including phenoxy) is 2. The molecule has 0 fully saturated rings. The Morgan fingerprint density at radius 2 is 1.09 bits per heavy atom. The summed E-state index contributed by atoms with van der Waals surface area (Å²) in [4.78, 5) is 44.9. The Morgan fingerprint density at radius 1 is 0.676 bits per heavy atom. The van der Waals surface area contributed by atoms with E-state index in [1.807, 2.05) is 0 Å². The topological polar surface area (TPSA) is 163 Å². The molecule has 0 unspecified atom stereocenters. The van der Waals surface area contributed by atoms with Gasteiger partial charge in [-0.15, -0.1) is 0 Å². The molecule has 0 saturated carbocycles. The lowest BCUT2D eigenvalue weighted by molar-refractivity contribution is -0.385. The average Bonchev–Trinajstić information content (AvgIpc) is 2.82. The predicted octanol–water partition coefficient (Wildman–Crippen LogP) is 3.54. The molecular weight excluding hydrogens is 448 g/mol. The first-order valence-corrected chi connectivity index (χ1v) is 9.75. The zero-order valence-corrected chi connectivity index (χ0v) is 17.5. The van der Waals surface area contributed by atoms with Gasteiger partial charge in [0.2, 0.25) is 0 Å². The van der Waals surface area contributed by atoms with Gasteiger partial charge in [0.15, 0.2) is 24.7 Å². The van der Waals surface area contributed by atoms with E-state index >= 15 is 0 Å². The molecule has 2 N–H and O–H groups in total. The van der Waals surface area contributed by atoms with Crippen LogP contribution in [0.5, 0.6) is 11.5 Å². The van der Waals surface area contributed by atoms with E-state index in [9.17, 15) is 29.8 Å². The lowest BCUT2D eigenvalue weighted by atomic mass is 10.3. The summed E-state index contributed by atoms with van der Waals surface area (Å²) in [5, 5.41) is 26.7. The number of carbonyl (C=O) groups is 2. The minimum absolute atomic E-state index is 0.166. The molecule has 0 spiro atoms. The van der Waals surface area contributed by atoms with Crippen LogP contribution in [0.4, 0.5) is 22.7 Å². The monoisotopic (exact) mass is 466 g/mol. The van der Waals surface area contributed by atoms with Gasteiger partial charge >= 0.3 is 0 Å². The molecule has 174 valence electrons. The predicted molar refractivity (Wildman–Crippen MR) is 121 cm³/mol. The summed E-state index contributed by atoms with van der Waals surface area (Å²) >= 11 is 0. The Bertz CT molecular complexity index is 1140. The SMILES string of the molecule is O=C(COc1ccccc1OCC(=O)Nc1cccc([N+](=O)[O-])c1)Nc1cccc([N+](=O)[O-])c1. The quantitative estimate of drug-likeness (QED) is 0.338. The fraction of sp³-hybridized carbons (Fsp3) is 0.0909. The standard InChI is InChI=1S/C22H18N4O8/c27-21(23-15-5-3-7-17(11-15)25(29)30)13-33-19-9-1-2-10-20(19)34-14-22(28)24-16-6-4-8-18(12-16)26(31)32/h1-12H,13-14H2,(H,23,27)(H,24,28). The third kappa shape index (κ3) is 6.75. The van der Waals surface area contributed by atoms with Gasteiger partial charge in [-0.1, -0.05) is 24.3 Å². The highest BCUT2D eigenvalue weighted by atomic mass is 16.6. The summed E-state index contributed by atoms with van der Waals surface area (Å²) in [5.74, 6) is -0.725. The minimum atomic E-state index is -0.574. The van der Waals surface area contributed by atoms with Crippen LogP contribution in [-0.4, -0.2) is 34.9 Å². The number of hydrogen-bond acceptors (Lipinski definition) is 8. The summed E-state index contributed by atoms with van der Waals surface area (Å²) in [6.07, 6.45) is 0. The van der Waals surface area contributed by atoms with Gasteiger partial charge in [0, 0.05) is 35.6 Å². The maximum Gasteiger partial charge on any atom is 0.271 e. The molecule has 34 heavy (non-hydrogen) atoms. The van der Waals surface area contributed by atoms with E-state index in [1.54, 1.807) is 12.1 Å². The molecule has 0 radical (unpaired) electrons. The molecule has 3 rings (SSSR count). The van der Waals surface area contributed by atoms with Gasteiger partial charge in [0.1, 0.15) is 0 Å². The number of rotatable bonds is 10. The lowest BCUT2D eigenvalue weighted by Gasteiger charge is -2.13. The molecule has 3 aromatic carbocycles. The number of para-hydroxylation sites is 2. The minimum Gasteiger partial charge on any atom is -0.480 e. The molecule has 0 aliphatic carbocycles. The van der Waals surface area contributed by atoms with Gasteiger partial charge in [0.05, 0.1) is 9.85 Å². The summed E-state index contributed by atoms with van der Waals surface area (Å²) < 4.78 is 10.9. The highest BCUT2D eigenvalue weighted by molar-refractivity contribution is 5.93. The van der Waals surface area contributed by atoms with Gasteiger partial charge < -0.3 is 20.1 Å². The third-order valence-corrected chi connectivity index (χ3v) is 4.25. The molecule has 3 aromatic rings. The number of amides is 2. The molecule has 0 aliphatic heterocycles. The molecule has 2 amide bonds. The molecule has 12 nitrogen and oxygen atoms in total. The summed E-state index contributed by atoms with van der Waals surface area (Å²) in [6, 6.07) is 17.3. The van der Waals surface area contributed by atoms with Crippen molar-refractivity contribution in [1.29, 1.82) is 0 Å². The third-order valence-electron chi connectivity index (χ3n) is 4.25. The largest absolute Gasteiger partial charge is 0.480 e. The van der Waals surface area contributed by atoms with E-state index < -0.39 is 34.9 Å². The van der Waals surface area contributed by atoms with Crippen molar-refractivity contribution in [1.82, 2.24) is 0 Å². The Balaban J connectivity index is 1.54. The van der Waals surface area contributed by atoms with Gasteiger partial charge in [-0.2, -0.15) is 0 Å². The molecule has 0 bridgehead atoms. The van der Waals surface area contributed by atoms with Gasteiger partial charge in [0.25, 0.3) is 23.2 Å². The highest BCUT2D eigenvalue weighted by Crippen LogP contribution is 2.26. The van der Waals surface area contributed by atoms with E-state index in [0.29, 0.717) is 0 Å². The number of benzene rings is 3. The van der Waals surface area contributed by atoms with Gasteiger partial charge in [-0.05, 0) is 24.3 Å². The van der Waals surface area contributed by atoms with Gasteiger partial charge in [-0.25, -0.2) is 0 Å². The van der Waals surface area contributed by atoms with Crippen LogP contribution < -0.4 is 20.1 Å². The number of non-ortho nitro benzene ring substituents is 2.